The average molecular weight is 413 g/mol. The number of nitrogens with zero attached hydrogens (tertiary/aromatic N) is 3. The maximum absolute atomic E-state index is 12.6. The van der Waals surface area contributed by atoms with Gasteiger partial charge in [-0.15, -0.1) is 0 Å². The molecule has 0 saturated heterocycles. The van der Waals surface area contributed by atoms with Crippen molar-refractivity contribution in [2.24, 2.45) is 0 Å². The summed E-state index contributed by atoms with van der Waals surface area (Å²) in [6.45, 7) is 3.56. The molecule has 130 valence electrons. The van der Waals surface area contributed by atoms with Crippen molar-refractivity contribution in [2.75, 3.05) is 5.32 Å². The molecule has 3 rings (SSSR count). The lowest BCUT2D eigenvalue weighted by atomic mass is 10.2. The Labute approximate surface area is 149 Å². The monoisotopic (exact) mass is 412 g/mol. The molecular formula is C16H12BrF3N4O. The molecule has 3 aromatic rings. The van der Waals surface area contributed by atoms with Crippen molar-refractivity contribution in [3.63, 3.8) is 0 Å². The molecule has 3 heterocycles. The minimum atomic E-state index is -4.47. The zero-order valence-corrected chi connectivity index (χ0v) is 14.7. The Balaban J connectivity index is 1.94. The Morgan fingerprint density at radius 3 is 2.60 bits per heavy atom. The van der Waals surface area contributed by atoms with E-state index in [-0.39, 0.29) is 5.82 Å². The SMILES string of the molecule is Cc1cc(Br)c2nc(C)c(C(=O)Nc3ccc(C(F)(F)F)cn3)n2c1. The van der Waals surface area contributed by atoms with E-state index in [2.05, 4.69) is 31.2 Å². The van der Waals surface area contributed by atoms with Crippen LogP contribution in [0.4, 0.5) is 19.0 Å². The Bertz CT molecular complexity index is 964. The van der Waals surface area contributed by atoms with E-state index in [1.165, 1.54) is 0 Å². The van der Waals surface area contributed by atoms with Gasteiger partial charge in [0.2, 0.25) is 0 Å². The van der Waals surface area contributed by atoms with Crippen LogP contribution in [0, 0.1) is 13.8 Å². The van der Waals surface area contributed by atoms with Gasteiger partial charge in [-0.3, -0.25) is 9.20 Å². The molecule has 25 heavy (non-hydrogen) atoms. The molecule has 0 saturated carbocycles. The summed E-state index contributed by atoms with van der Waals surface area (Å²) < 4.78 is 40.1. The number of fused-ring (bicyclic) bond motifs is 1. The fourth-order valence-electron chi connectivity index (χ4n) is 2.43. The van der Waals surface area contributed by atoms with Crippen molar-refractivity contribution in [1.82, 2.24) is 14.4 Å². The fourth-order valence-corrected chi connectivity index (χ4v) is 3.07. The van der Waals surface area contributed by atoms with Crippen LogP contribution in [0.1, 0.15) is 27.3 Å². The number of anilines is 1. The maximum atomic E-state index is 12.6. The van der Waals surface area contributed by atoms with Crippen molar-refractivity contribution >= 4 is 33.3 Å². The number of nitrogens with one attached hydrogen (secondary N) is 1. The van der Waals surface area contributed by atoms with Gasteiger partial charge in [0, 0.05) is 12.4 Å². The molecular weight excluding hydrogens is 401 g/mol. The third-order valence-electron chi connectivity index (χ3n) is 3.53. The van der Waals surface area contributed by atoms with Gasteiger partial charge in [-0.2, -0.15) is 13.2 Å². The quantitative estimate of drug-likeness (QED) is 0.679. The van der Waals surface area contributed by atoms with Gasteiger partial charge in [-0.05, 0) is 53.5 Å². The van der Waals surface area contributed by atoms with Crippen LogP contribution in [0.2, 0.25) is 0 Å². The number of imidazole rings is 1. The minimum absolute atomic E-state index is 0.0269. The summed E-state index contributed by atoms with van der Waals surface area (Å²) in [4.78, 5) is 20.6. The minimum Gasteiger partial charge on any atom is -0.305 e. The molecule has 9 heteroatoms. The van der Waals surface area contributed by atoms with Crippen molar-refractivity contribution < 1.29 is 18.0 Å². The van der Waals surface area contributed by atoms with Gasteiger partial charge in [-0.1, -0.05) is 0 Å². The third-order valence-corrected chi connectivity index (χ3v) is 4.12. The molecule has 0 radical (unpaired) electrons. The number of aryl methyl sites for hydroxylation is 2. The van der Waals surface area contributed by atoms with E-state index in [9.17, 15) is 18.0 Å². The molecule has 0 fully saturated rings. The molecule has 0 aromatic carbocycles. The first-order valence-electron chi connectivity index (χ1n) is 7.16. The number of alkyl halides is 3. The molecule has 0 aliphatic carbocycles. The van der Waals surface area contributed by atoms with Crippen LogP contribution in [-0.4, -0.2) is 20.3 Å². The molecule has 1 amide bonds. The first kappa shape index (κ1) is 17.4. The lowest BCUT2D eigenvalue weighted by molar-refractivity contribution is -0.137. The van der Waals surface area contributed by atoms with Gasteiger partial charge in [0.1, 0.15) is 11.5 Å². The van der Waals surface area contributed by atoms with Crippen molar-refractivity contribution in [3.05, 3.63) is 57.6 Å². The van der Waals surface area contributed by atoms with Crippen molar-refractivity contribution in [2.45, 2.75) is 20.0 Å². The van der Waals surface area contributed by atoms with E-state index in [4.69, 9.17) is 0 Å². The predicted molar refractivity (Wildman–Crippen MR) is 89.6 cm³/mol. The Kier molecular flexibility index (Phi) is 4.28. The second-order valence-corrected chi connectivity index (χ2v) is 6.34. The number of carbonyl (C=O) groups excluding carboxylic acids is 1. The maximum Gasteiger partial charge on any atom is 0.417 e. The molecule has 3 aromatic heterocycles. The molecule has 0 aliphatic rings. The average Bonchev–Trinajstić information content (AvgIpc) is 2.83. The summed E-state index contributed by atoms with van der Waals surface area (Å²) >= 11 is 3.40. The molecule has 1 N–H and O–H groups in total. The van der Waals surface area contributed by atoms with Crippen molar-refractivity contribution in [3.8, 4) is 0 Å². The zero-order valence-electron chi connectivity index (χ0n) is 13.1. The number of carbonyl (C=O) groups is 1. The molecule has 0 unspecified atom stereocenters. The summed E-state index contributed by atoms with van der Waals surface area (Å²) in [5.74, 6) is -0.478. The van der Waals surface area contributed by atoms with E-state index in [0.29, 0.717) is 23.2 Å². The van der Waals surface area contributed by atoms with Crippen LogP contribution in [-0.2, 0) is 6.18 Å². The lowest BCUT2D eigenvalue weighted by Gasteiger charge is -2.08. The number of aromatic nitrogens is 3. The number of hydrogen-bond donors (Lipinski definition) is 1. The largest absolute Gasteiger partial charge is 0.417 e. The molecule has 0 atom stereocenters. The van der Waals surface area contributed by atoms with Crippen LogP contribution < -0.4 is 5.32 Å². The smallest absolute Gasteiger partial charge is 0.305 e. The van der Waals surface area contributed by atoms with E-state index in [1.54, 1.807) is 17.5 Å². The van der Waals surface area contributed by atoms with Crippen molar-refractivity contribution in [1.29, 1.82) is 0 Å². The normalized spacial score (nSPS) is 11.8. The second kappa shape index (κ2) is 6.14. The molecule has 0 spiro atoms. The lowest BCUT2D eigenvalue weighted by Crippen LogP contribution is -2.17. The zero-order chi connectivity index (χ0) is 18.4. The first-order chi connectivity index (χ1) is 11.7. The van der Waals surface area contributed by atoms with Gasteiger partial charge in [-0.25, -0.2) is 9.97 Å². The van der Waals surface area contributed by atoms with E-state index < -0.39 is 17.6 Å². The summed E-state index contributed by atoms with van der Waals surface area (Å²) in [5.41, 5.74) is 1.40. The van der Waals surface area contributed by atoms with Gasteiger partial charge >= 0.3 is 6.18 Å². The highest BCUT2D eigenvalue weighted by molar-refractivity contribution is 9.10. The standard InChI is InChI=1S/C16H12BrF3N4O/c1-8-5-11(17)14-22-9(2)13(24(14)7-8)15(25)23-12-4-3-10(6-21-12)16(18,19)20/h3-7H,1-2H3,(H,21,23,25). The number of amides is 1. The van der Waals surface area contributed by atoms with Crippen LogP contribution >= 0.6 is 15.9 Å². The highest BCUT2D eigenvalue weighted by Crippen LogP contribution is 2.29. The summed E-state index contributed by atoms with van der Waals surface area (Å²) in [6.07, 6.45) is -2.04. The molecule has 5 nitrogen and oxygen atoms in total. The first-order valence-corrected chi connectivity index (χ1v) is 7.95. The number of rotatable bonds is 2. The second-order valence-electron chi connectivity index (χ2n) is 5.49. The predicted octanol–water partition coefficient (Wildman–Crippen LogP) is 4.38. The topological polar surface area (TPSA) is 59.3 Å². The van der Waals surface area contributed by atoms with Gasteiger partial charge in [0.05, 0.1) is 15.7 Å². The third kappa shape index (κ3) is 3.37. The van der Waals surface area contributed by atoms with Crippen LogP contribution in [0.15, 0.2) is 35.1 Å². The van der Waals surface area contributed by atoms with E-state index >= 15 is 0 Å². The van der Waals surface area contributed by atoms with Gasteiger partial charge < -0.3 is 5.32 Å². The Hall–Kier alpha value is -2.42. The number of halogens is 4. The summed E-state index contributed by atoms with van der Waals surface area (Å²) in [6, 6.07) is 3.85. The molecule has 0 aliphatic heterocycles. The Morgan fingerprint density at radius 2 is 2.00 bits per heavy atom. The van der Waals surface area contributed by atoms with E-state index in [1.807, 2.05) is 13.0 Å². The van der Waals surface area contributed by atoms with E-state index in [0.717, 1.165) is 22.2 Å². The molecule has 0 bridgehead atoms. The van der Waals surface area contributed by atoms with Gasteiger partial charge in [0.15, 0.2) is 5.65 Å². The summed E-state index contributed by atoms with van der Waals surface area (Å²) in [7, 11) is 0. The summed E-state index contributed by atoms with van der Waals surface area (Å²) in [5, 5.41) is 2.50. The van der Waals surface area contributed by atoms with Gasteiger partial charge in [0.25, 0.3) is 5.91 Å². The fraction of sp³-hybridized carbons (Fsp3) is 0.188. The highest BCUT2D eigenvalue weighted by Gasteiger charge is 2.30. The number of hydrogen-bond acceptors (Lipinski definition) is 3. The number of pyridine rings is 2. The van der Waals surface area contributed by atoms with Crippen LogP contribution in [0.25, 0.3) is 5.65 Å². The van der Waals surface area contributed by atoms with Crippen LogP contribution in [0.5, 0.6) is 0 Å². The Morgan fingerprint density at radius 1 is 1.28 bits per heavy atom. The van der Waals surface area contributed by atoms with Crippen LogP contribution in [0.3, 0.4) is 0 Å². The highest BCUT2D eigenvalue weighted by atomic mass is 79.9.